The minimum Gasteiger partial charge on any atom is -0.365 e. The van der Waals surface area contributed by atoms with Crippen LogP contribution >= 0.6 is 11.3 Å². The van der Waals surface area contributed by atoms with E-state index in [1.54, 1.807) is 17.4 Å². The van der Waals surface area contributed by atoms with Crippen LogP contribution < -0.4 is 16.6 Å². The molecule has 0 fully saturated rings. The molecule has 0 saturated heterocycles. The van der Waals surface area contributed by atoms with E-state index >= 15 is 0 Å². The Morgan fingerprint density at radius 3 is 2.81 bits per heavy atom. The van der Waals surface area contributed by atoms with Gasteiger partial charge in [0, 0.05) is 10.4 Å². The molecule has 0 aliphatic carbocycles. The summed E-state index contributed by atoms with van der Waals surface area (Å²) >= 11 is 1.65. The Bertz CT molecular complexity index is 836. The first-order valence-corrected chi connectivity index (χ1v) is 6.98. The van der Waals surface area contributed by atoms with E-state index in [0.717, 1.165) is 16.0 Å². The lowest BCUT2D eigenvalue weighted by Gasteiger charge is -2.08. The number of hydrogen-bond acceptors (Lipinski definition) is 4. The molecule has 0 radical (unpaired) electrons. The molecule has 3 aromatic rings. The summed E-state index contributed by atoms with van der Waals surface area (Å²) in [4.78, 5) is 25.2. The number of benzene rings is 1. The normalized spacial score (nSPS) is 10.7. The molecule has 5 N–H and O–H groups in total. The van der Waals surface area contributed by atoms with Crippen LogP contribution in [0.2, 0.25) is 0 Å². The average Bonchev–Trinajstić information content (AvgIpc) is 3.11. The predicted molar refractivity (Wildman–Crippen MR) is 82.9 cm³/mol. The monoisotopic (exact) mass is 300 g/mol. The van der Waals surface area contributed by atoms with Gasteiger partial charge in [0.05, 0.1) is 5.56 Å². The molecule has 0 spiro atoms. The number of aromatic amines is 1. The predicted octanol–water partition coefficient (Wildman–Crippen LogP) is 1.83. The van der Waals surface area contributed by atoms with Crippen LogP contribution in [0.15, 0.2) is 35.7 Å². The van der Waals surface area contributed by atoms with Gasteiger partial charge in [-0.25, -0.2) is 10.9 Å². The van der Waals surface area contributed by atoms with Crippen LogP contribution in [0.3, 0.4) is 0 Å². The number of anilines is 1. The van der Waals surface area contributed by atoms with E-state index in [9.17, 15) is 9.59 Å². The molecule has 2 amide bonds. The van der Waals surface area contributed by atoms with E-state index in [1.165, 1.54) is 4.70 Å². The van der Waals surface area contributed by atoms with Crippen molar-refractivity contribution in [1.82, 2.24) is 4.98 Å². The number of hydrogen-bond donors (Lipinski definition) is 3. The SMILES string of the molecule is NC(=O)c1cc(-c2ccc3sccc3c2)[nH]c1N(N)C=O. The Morgan fingerprint density at radius 2 is 2.10 bits per heavy atom. The Morgan fingerprint density at radius 1 is 1.29 bits per heavy atom. The Kier molecular flexibility index (Phi) is 3.20. The third-order valence-corrected chi connectivity index (χ3v) is 4.10. The smallest absolute Gasteiger partial charge is 0.252 e. The number of rotatable bonds is 4. The lowest BCUT2D eigenvalue weighted by atomic mass is 10.1. The second-order valence-corrected chi connectivity index (χ2v) is 5.44. The first kappa shape index (κ1) is 13.3. The van der Waals surface area contributed by atoms with Crippen LogP contribution in [0, 0.1) is 0 Å². The van der Waals surface area contributed by atoms with E-state index in [2.05, 4.69) is 4.98 Å². The highest BCUT2D eigenvalue weighted by Crippen LogP contribution is 2.30. The van der Waals surface area contributed by atoms with Crippen molar-refractivity contribution in [3.8, 4) is 11.3 Å². The van der Waals surface area contributed by atoms with Gasteiger partial charge in [0.1, 0.15) is 5.82 Å². The minimum absolute atomic E-state index is 0.171. The molecule has 0 unspecified atom stereocenters. The number of nitrogens with two attached hydrogens (primary N) is 2. The summed E-state index contributed by atoms with van der Waals surface area (Å²) in [6.07, 6.45) is 0.407. The number of carbonyl (C=O) groups is 2. The van der Waals surface area contributed by atoms with Gasteiger partial charge in [-0.2, -0.15) is 0 Å². The minimum atomic E-state index is -0.651. The molecule has 2 heterocycles. The molecule has 3 rings (SSSR count). The van der Waals surface area contributed by atoms with Crippen LogP contribution in [0.5, 0.6) is 0 Å². The Balaban J connectivity index is 2.13. The molecular formula is C14H12N4O2S. The molecule has 2 aromatic heterocycles. The van der Waals surface area contributed by atoms with Crippen molar-refractivity contribution in [2.75, 3.05) is 5.01 Å². The van der Waals surface area contributed by atoms with Gasteiger partial charge in [-0.3, -0.25) is 9.59 Å². The lowest BCUT2D eigenvalue weighted by Crippen LogP contribution is -2.31. The zero-order valence-electron chi connectivity index (χ0n) is 10.9. The van der Waals surface area contributed by atoms with Crippen LogP contribution in [-0.2, 0) is 4.79 Å². The third kappa shape index (κ3) is 2.28. The maximum Gasteiger partial charge on any atom is 0.252 e. The molecule has 0 aliphatic rings. The fraction of sp³-hybridized carbons (Fsp3) is 0. The summed E-state index contributed by atoms with van der Waals surface area (Å²) in [5, 5.41) is 3.92. The largest absolute Gasteiger partial charge is 0.365 e. The first-order valence-electron chi connectivity index (χ1n) is 6.10. The number of thiophene rings is 1. The number of nitrogens with one attached hydrogen (secondary N) is 1. The van der Waals surface area contributed by atoms with Crippen molar-refractivity contribution < 1.29 is 9.59 Å². The van der Waals surface area contributed by atoms with Crippen LogP contribution in [-0.4, -0.2) is 17.3 Å². The van der Waals surface area contributed by atoms with E-state index < -0.39 is 5.91 Å². The molecule has 1 aromatic carbocycles. The molecular weight excluding hydrogens is 288 g/mol. The van der Waals surface area contributed by atoms with Gasteiger partial charge >= 0.3 is 0 Å². The highest BCUT2D eigenvalue weighted by atomic mass is 32.1. The first-order chi connectivity index (χ1) is 10.1. The molecule has 0 bridgehead atoms. The van der Waals surface area contributed by atoms with E-state index in [4.69, 9.17) is 11.6 Å². The zero-order chi connectivity index (χ0) is 15.0. The van der Waals surface area contributed by atoms with Gasteiger partial charge in [-0.15, -0.1) is 11.3 Å². The van der Waals surface area contributed by atoms with E-state index in [1.807, 2.05) is 29.6 Å². The summed E-state index contributed by atoms with van der Waals surface area (Å²) < 4.78 is 1.17. The number of amides is 2. The van der Waals surface area contributed by atoms with Gasteiger partial charge < -0.3 is 10.7 Å². The summed E-state index contributed by atoms with van der Waals surface area (Å²) in [6.45, 7) is 0. The Labute approximate surface area is 123 Å². The summed E-state index contributed by atoms with van der Waals surface area (Å²) in [6, 6.07) is 9.53. The summed E-state index contributed by atoms with van der Waals surface area (Å²) in [5.74, 6) is 5.05. The summed E-state index contributed by atoms with van der Waals surface area (Å²) in [5.41, 5.74) is 7.04. The standard InChI is InChI=1S/C14H12N4O2S/c15-13(20)10-6-11(17-14(10)18(16)7-19)8-1-2-12-9(5-8)3-4-21-12/h1-7,17H,16H2,(H2,15,20). The lowest BCUT2D eigenvalue weighted by molar-refractivity contribution is -0.107. The molecule has 6 nitrogen and oxygen atoms in total. The second kappa shape index (κ2) is 5.04. The quantitative estimate of drug-likeness (QED) is 0.296. The van der Waals surface area contributed by atoms with Crippen molar-refractivity contribution in [2.24, 2.45) is 11.6 Å². The molecule has 0 aliphatic heterocycles. The van der Waals surface area contributed by atoms with Crippen LogP contribution in [0.25, 0.3) is 21.3 Å². The fourth-order valence-corrected chi connectivity index (χ4v) is 2.95. The molecule has 21 heavy (non-hydrogen) atoms. The number of carbonyl (C=O) groups excluding carboxylic acids is 2. The van der Waals surface area contributed by atoms with Crippen molar-refractivity contribution in [3.05, 3.63) is 41.3 Å². The second-order valence-electron chi connectivity index (χ2n) is 4.50. The molecule has 0 saturated carbocycles. The topological polar surface area (TPSA) is 105 Å². The Hall–Kier alpha value is -2.64. The van der Waals surface area contributed by atoms with Crippen molar-refractivity contribution in [2.45, 2.75) is 0 Å². The number of fused-ring (bicyclic) bond motifs is 1. The molecule has 106 valence electrons. The van der Waals surface area contributed by atoms with Gasteiger partial charge in [-0.05, 0) is 40.6 Å². The molecule has 0 atom stereocenters. The number of hydrazine groups is 1. The van der Waals surface area contributed by atoms with Gasteiger partial charge in [0.25, 0.3) is 5.91 Å². The van der Waals surface area contributed by atoms with Gasteiger partial charge in [-0.1, -0.05) is 6.07 Å². The zero-order valence-corrected chi connectivity index (χ0v) is 11.7. The third-order valence-electron chi connectivity index (χ3n) is 3.20. The van der Waals surface area contributed by atoms with E-state index in [0.29, 0.717) is 12.1 Å². The summed E-state index contributed by atoms with van der Waals surface area (Å²) in [7, 11) is 0. The van der Waals surface area contributed by atoms with Crippen molar-refractivity contribution in [1.29, 1.82) is 0 Å². The molecule has 7 heteroatoms. The number of nitrogens with zero attached hydrogens (tertiary/aromatic N) is 1. The van der Waals surface area contributed by atoms with E-state index in [-0.39, 0.29) is 11.4 Å². The number of primary amides is 1. The number of aromatic nitrogens is 1. The highest BCUT2D eigenvalue weighted by molar-refractivity contribution is 7.17. The maximum atomic E-state index is 11.5. The maximum absolute atomic E-state index is 11.5. The fourth-order valence-electron chi connectivity index (χ4n) is 2.18. The number of H-pyrrole nitrogens is 1. The van der Waals surface area contributed by atoms with Gasteiger partial charge in [0.2, 0.25) is 6.41 Å². The van der Waals surface area contributed by atoms with Gasteiger partial charge in [0.15, 0.2) is 0 Å². The van der Waals surface area contributed by atoms with Crippen molar-refractivity contribution >= 4 is 39.6 Å². The van der Waals surface area contributed by atoms with Crippen LogP contribution in [0.1, 0.15) is 10.4 Å². The average molecular weight is 300 g/mol. The van der Waals surface area contributed by atoms with Crippen molar-refractivity contribution in [3.63, 3.8) is 0 Å². The van der Waals surface area contributed by atoms with Crippen LogP contribution in [0.4, 0.5) is 5.82 Å². The highest BCUT2D eigenvalue weighted by Gasteiger charge is 2.17.